The van der Waals surface area contributed by atoms with Crippen molar-refractivity contribution in [3.8, 4) is 0 Å². The highest BCUT2D eigenvalue weighted by Gasteiger charge is 2.06. The zero-order valence-corrected chi connectivity index (χ0v) is 14.4. The molecule has 0 bridgehead atoms. The highest BCUT2D eigenvalue weighted by atomic mass is 19.2. The number of hydrogen-bond acceptors (Lipinski definition) is 4. The predicted octanol–water partition coefficient (Wildman–Crippen LogP) is 4.57. The maximum atomic E-state index is 13.3. The van der Waals surface area contributed by atoms with E-state index in [0.29, 0.717) is 28.6 Å². The molecule has 0 saturated heterocycles. The molecule has 140 valence electrons. The summed E-state index contributed by atoms with van der Waals surface area (Å²) in [6, 6.07) is 8.96. The van der Waals surface area contributed by atoms with E-state index in [2.05, 4.69) is 20.6 Å². The Morgan fingerprint density at radius 1 is 0.704 bits per heavy atom. The molecule has 2 N–H and O–H groups in total. The van der Waals surface area contributed by atoms with Crippen LogP contribution < -0.4 is 10.6 Å². The first-order valence-electron chi connectivity index (χ1n) is 8.12. The van der Waals surface area contributed by atoms with Gasteiger partial charge in [0.1, 0.15) is 5.82 Å². The number of aromatic nitrogens is 2. The summed E-state index contributed by atoms with van der Waals surface area (Å²) >= 11 is 0. The van der Waals surface area contributed by atoms with Crippen molar-refractivity contribution in [2.24, 2.45) is 0 Å². The van der Waals surface area contributed by atoms with Crippen LogP contribution in [0.1, 0.15) is 16.8 Å². The molecule has 0 radical (unpaired) electrons. The largest absolute Gasteiger partial charge is 0.366 e. The van der Waals surface area contributed by atoms with Crippen molar-refractivity contribution in [2.75, 3.05) is 10.6 Å². The Balaban J connectivity index is 1.66. The van der Waals surface area contributed by atoms with Crippen LogP contribution in [0.15, 0.2) is 42.5 Å². The Labute approximate surface area is 153 Å². The third-order valence-corrected chi connectivity index (χ3v) is 3.75. The summed E-state index contributed by atoms with van der Waals surface area (Å²) in [5.41, 5.74) is 1.77. The molecule has 0 aliphatic rings. The number of hydrogen-bond donors (Lipinski definition) is 2. The molecule has 0 saturated carbocycles. The minimum atomic E-state index is -0.923. The smallest absolute Gasteiger partial charge is 0.225 e. The molecule has 3 aromatic rings. The van der Waals surface area contributed by atoms with E-state index in [1.165, 1.54) is 12.1 Å². The van der Waals surface area contributed by atoms with Gasteiger partial charge in [0, 0.05) is 24.8 Å². The number of rotatable bonds is 6. The van der Waals surface area contributed by atoms with Crippen LogP contribution in [0.5, 0.6) is 0 Å². The Bertz CT molecular complexity index is 889. The molecule has 0 aliphatic carbocycles. The zero-order valence-electron chi connectivity index (χ0n) is 14.4. The summed E-state index contributed by atoms with van der Waals surface area (Å²) in [7, 11) is 0. The second kappa shape index (κ2) is 8.03. The van der Waals surface area contributed by atoms with Crippen LogP contribution in [-0.2, 0) is 13.1 Å². The van der Waals surface area contributed by atoms with Gasteiger partial charge in [-0.1, -0.05) is 12.1 Å². The Morgan fingerprint density at radius 3 is 1.81 bits per heavy atom. The van der Waals surface area contributed by atoms with E-state index >= 15 is 0 Å². The van der Waals surface area contributed by atoms with Crippen molar-refractivity contribution >= 4 is 11.8 Å². The summed E-state index contributed by atoms with van der Waals surface area (Å²) in [6.45, 7) is 2.23. The fourth-order valence-electron chi connectivity index (χ4n) is 2.41. The van der Waals surface area contributed by atoms with E-state index in [1.807, 2.05) is 0 Å². The van der Waals surface area contributed by atoms with Gasteiger partial charge in [-0.15, -0.1) is 0 Å². The molecule has 1 heterocycles. The lowest BCUT2D eigenvalue weighted by Gasteiger charge is -2.10. The highest BCUT2D eigenvalue weighted by molar-refractivity contribution is 5.43. The predicted molar refractivity (Wildman–Crippen MR) is 94.1 cm³/mol. The van der Waals surface area contributed by atoms with Gasteiger partial charge < -0.3 is 10.6 Å². The monoisotopic (exact) mass is 376 g/mol. The van der Waals surface area contributed by atoms with Crippen LogP contribution in [0.25, 0.3) is 0 Å². The second-order valence-electron chi connectivity index (χ2n) is 5.92. The molecular weight excluding hydrogens is 360 g/mol. The molecule has 0 atom stereocenters. The van der Waals surface area contributed by atoms with Gasteiger partial charge in [0.2, 0.25) is 5.95 Å². The third kappa shape index (κ3) is 4.93. The number of nitrogens with zero attached hydrogens (tertiary/aromatic N) is 2. The van der Waals surface area contributed by atoms with Crippen molar-refractivity contribution in [3.05, 3.63) is 82.6 Å². The molecule has 0 fully saturated rings. The van der Waals surface area contributed by atoms with Gasteiger partial charge in [-0.25, -0.2) is 22.5 Å². The highest BCUT2D eigenvalue weighted by Crippen LogP contribution is 2.15. The maximum Gasteiger partial charge on any atom is 0.225 e. The second-order valence-corrected chi connectivity index (χ2v) is 5.92. The Hall–Kier alpha value is -3.16. The zero-order chi connectivity index (χ0) is 19.4. The lowest BCUT2D eigenvalue weighted by molar-refractivity contribution is 0.507. The van der Waals surface area contributed by atoms with E-state index in [9.17, 15) is 17.6 Å². The number of nitrogens with one attached hydrogen (secondary N) is 2. The summed E-state index contributed by atoms with van der Waals surface area (Å²) in [5.74, 6) is -2.86. The topological polar surface area (TPSA) is 49.8 Å². The molecule has 0 spiro atoms. The van der Waals surface area contributed by atoms with E-state index in [0.717, 1.165) is 24.3 Å². The van der Waals surface area contributed by atoms with Crippen LogP contribution in [0.3, 0.4) is 0 Å². The van der Waals surface area contributed by atoms with Crippen molar-refractivity contribution < 1.29 is 17.6 Å². The summed E-state index contributed by atoms with van der Waals surface area (Å²) < 4.78 is 52.5. The lowest BCUT2D eigenvalue weighted by atomic mass is 10.2. The summed E-state index contributed by atoms with van der Waals surface area (Å²) in [5, 5.41) is 5.96. The standard InChI is InChI=1S/C19H16F4N4/c1-11-6-18(24-9-12-2-4-14(20)16(22)7-12)27-19(26-11)25-10-13-3-5-15(21)17(23)8-13/h2-8H,9-10H2,1H3,(H2,24,25,26,27). The first-order chi connectivity index (χ1) is 12.9. The number of aryl methyl sites for hydroxylation is 1. The van der Waals surface area contributed by atoms with E-state index in [4.69, 9.17) is 0 Å². The summed E-state index contributed by atoms with van der Waals surface area (Å²) in [6.07, 6.45) is 0. The average Bonchev–Trinajstić information content (AvgIpc) is 2.63. The van der Waals surface area contributed by atoms with Gasteiger partial charge in [0.15, 0.2) is 23.3 Å². The lowest BCUT2D eigenvalue weighted by Crippen LogP contribution is -2.08. The van der Waals surface area contributed by atoms with Crippen molar-refractivity contribution in [3.63, 3.8) is 0 Å². The van der Waals surface area contributed by atoms with Crippen molar-refractivity contribution in [1.82, 2.24) is 9.97 Å². The van der Waals surface area contributed by atoms with Gasteiger partial charge in [0.05, 0.1) is 0 Å². The average molecular weight is 376 g/mol. The molecule has 8 heteroatoms. The van der Waals surface area contributed by atoms with Crippen LogP contribution in [0.2, 0.25) is 0 Å². The van der Waals surface area contributed by atoms with Gasteiger partial charge in [0.25, 0.3) is 0 Å². The van der Waals surface area contributed by atoms with Gasteiger partial charge in [-0.05, 0) is 42.3 Å². The molecular formula is C19H16F4N4. The minimum Gasteiger partial charge on any atom is -0.366 e. The van der Waals surface area contributed by atoms with Crippen LogP contribution in [0.4, 0.5) is 29.3 Å². The van der Waals surface area contributed by atoms with E-state index < -0.39 is 23.3 Å². The fourth-order valence-corrected chi connectivity index (χ4v) is 2.41. The summed E-state index contributed by atoms with van der Waals surface area (Å²) in [4.78, 5) is 8.50. The number of anilines is 2. The third-order valence-electron chi connectivity index (χ3n) is 3.75. The molecule has 0 unspecified atom stereocenters. The van der Waals surface area contributed by atoms with E-state index in [-0.39, 0.29) is 13.1 Å². The first-order valence-corrected chi connectivity index (χ1v) is 8.12. The van der Waals surface area contributed by atoms with Crippen LogP contribution in [-0.4, -0.2) is 9.97 Å². The maximum absolute atomic E-state index is 13.3. The van der Waals surface area contributed by atoms with Gasteiger partial charge in [-0.2, -0.15) is 4.98 Å². The molecule has 2 aromatic carbocycles. The van der Waals surface area contributed by atoms with Gasteiger partial charge >= 0.3 is 0 Å². The fraction of sp³-hybridized carbons (Fsp3) is 0.158. The van der Waals surface area contributed by atoms with E-state index in [1.54, 1.807) is 13.0 Å². The van der Waals surface area contributed by atoms with Crippen LogP contribution in [0, 0.1) is 30.2 Å². The number of halogens is 4. The SMILES string of the molecule is Cc1cc(NCc2ccc(F)c(F)c2)nc(NCc2ccc(F)c(F)c2)n1. The molecule has 3 rings (SSSR count). The first kappa shape index (κ1) is 18.6. The molecule has 0 amide bonds. The van der Waals surface area contributed by atoms with Crippen LogP contribution >= 0.6 is 0 Å². The Morgan fingerprint density at radius 2 is 1.26 bits per heavy atom. The quantitative estimate of drug-likeness (QED) is 0.619. The molecule has 0 aliphatic heterocycles. The molecule has 27 heavy (non-hydrogen) atoms. The minimum absolute atomic E-state index is 0.212. The van der Waals surface area contributed by atoms with Crippen molar-refractivity contribution in [2.45, 2.75) is 20.0 Å². The number of benzene rings is 2. The normalized spacial score (nSPS) is 10.7. The Kier molecular flexibility index (Phi) is 5.54. The van der Waals surface area contributed by atoms with Crippen molar-refractivity contribution in [1.29, 1.82) is 0 Å². The molecule has 4 nitrogen and oxygen atoms in total. The van der Waals surface area contributed by atoms with Gasteiger partial charge in [-0.3, -0.25) is 0 Å². The molecule has 1 aromatic heterocycles.